The largest absolute Gasteiger partial charge is 0.490 e. The van der Waals surface area contributed by atoms with E-state index in [0.29, 0.717) is 24.8 Å². The van der Waals surface area contributed by atoms with Crippen molar-refractivity contribution in [2.75, 3.05) is 25.6 Å². The van der Waals surface area contributed by atoms with E-state index >= 15 is 0 Å². The van der Waals surface area contributed by atoms with Crippen LogP contribution in [0, 0.1) is 0 Å². The number of aliphatic hydroxyl groups excluding tert-OH is 1. The van der Waals surface area contributed by atoms with E-state index in [2.05, 4.69) is 10.6 Å². The van der Waals surface area contributed by atoms with E-state index in [9.17, 15) is 9.90 Å². The molecular formula is C17H26N2O4. The fourth-order valence-corrected chi connectivity index (χ4v) is 2.64. The number of amides is 2. The van der Waals surface area contributed by atoms with Crippen LogP contribution in [0.2, 0.25) is 0 Å². The van der Waals surface area contributed by atoms with Gasteiger partial charge in [-0.2, -0.15) is 0 Å². The standard InChI is InChI=1S/C17H26N2O4/c1-22-11-10-14(12-20)19-17(21)18-13-6-8-16(9-7-13)23-15-4-2-3-5-15/h6-9,14-15,20H,2-5,10-12H2,1H3,(H2,18,19,21). The molecule has 0 aliphatic heterocycles. The van der Waals surface area contributed by atoms with Gasteiger partial charge in [0.05, 0.1) is 18.8 Å². The molecule has 1 atom stereocenters. The van der Waals surface area contributed by atoms with Gasteiger partial charge >= 0.3 is 6.03 Å². The Hall–Kier alpha value is -1.79. The summed E-state index contributed by atoms with van der Waals surface area (Å²) in [6.07, 6.45) is 5.59. The number of nitrogens with one attached hydrogen (secondary N) is 2. The fourth-order valence-electron chi connectivity index (χ4n) is 2.64. The average molecular weight is 322 g/mol. The molecule has 0 aromatic heterocycles. The molecule has 0 bridgehead atoms. The summed E-state index contributed by atoms with van der Waals surface area (Å²) in [5.74, 6) is 0.830. The SMILES string of the molecule is COCCC(CO)NC(=O)Nc1ccc(OC2CCCC2)cc1. The van der Waals surface area contributed by atoms with Gasteiger partial charge in [-0.05, 0) is 56.4 Å². The Kier molecular flexibility index (Phi) is 7.16. The highest BCUT2D eigenvalue weighted by Gasteiger charge is 2.16. The second kappa shape index (κ2) is 9.37. The molecule has 0 heterocycles. The smallest absolute Gasteiger partial charge is 0.319 e. The first-order chi connectivity index (χ1) is 11.2. The van der Waals surface area contributed by atoms with Crippen molar-refractivity contribution < 1.29 is 19.4 Å². The minimum absolute atomic E-state index is 0.120. The average Bonchev–Trinajstić information content (AvgIpc) is 3.06. The van der Waals surface area contributed by atoms with Gasteiger partial charge in [0.2, 0.25) is 0 Å². The first-order valence-electron chi connectivity index (χ1n) is 8.15. The van der Waals surface area contributed by atoms with E-state index in [0.717, 1.165) is 18.6 Å². The summed E-state index contributed by atoms with van der Waals surface area (Å²) in [7, 11) is 1.59. The molecule has 128 valence electrons. The van der Waals surface area contributed by atoms with Crippen molar-refractivity contribution in [2.45, 2.75) is 44.2 Å². The molecule has 0 saturated heterocycles. The lowest BCUT2D eigenvalue weighted by molar-refractivity contribution is 0.161. The van der Waals surface area contributed by atoms with Gasteiger partial charge in [-0.15, -0.1) is 0 Å². The van der Waals surface area contributed by atoms with Crippen molar-refractivity contribution in [1.29, 1.82) is 0 Å². The molecule has 1 unspecified atom stereocenters. The maximum absolute atomic E-state index is 11.9. The van der Waals surface area contributed by atoms with Crippen LogP contribution in [0.1, 0.15) is 32.1 Å². The van der Waals surface area contributed by atoms with Crippen molar-refractivity contribution in [1.82, 2.24) is 5.32 Å². The number of hydrogen-bond acceptors (Lipinski definition) is 4. The topological polar surface area (TPSA) is 79.8 Å². The molecule has 0 spiro atoms. The van der Waals surface area contributed by atoms with E-state index in [1.165, 1.54) is 12.8 Å². The van der Waals surface area contributed by atoms with E-state index in [4.69, 9.17) is 9.47 Å². The zero-order valence-corrected chi connectivity index (χ0v) is 13.6. The number of carbonyl (C=O) groups excluding carboxylic acids is 1. The summed E-state index contributed by atoms with van der Waals surface area (Å²) in [5.41, 5.74) is 0.685. The molecule has 0 radical (unpaired) electrons. The van der Waals surface area contributed by atoms with Gasteiger partial charge < -0.3 is 25.2 Å². The summed E-state index contributed by atoms with van der Waals surface area (Å²) in [4.78, 5) is 11.9. The molecule has 1 aromatic rings. The Labute approximate surface area is 137 Å². The van der Waals surface area contributed by atoms with Crippen LogP contribution in [-0.2, 0) is 4.74 Å². The Bertz CT molecular complexity index is 472. The number of hydrogen-bond donors (Lipinski definition) is 3. The van der Waals surface area contributed by atoms with E-state index in [1.807, 2.05) is 24.3 Å². The Balaban J connectivity index is 1.78. The fraction of sp³-hybridized carbons (Fsp3) is 0.588. The lowest BCUT2D eigenvalue weighted by Crippen LogP contribution is -2.40. The molecule has 23 heavy (non-hydrogen) atoms. The van der Waals surface area contributed by atoms with E-state index in [1.54, 1.807) is 7.11 Å². The first kappa shape index (κ1) is 17.6. The van der Waals surface area contributed by atoms with Crippen LogP contribution in [0.5, 0.6) is 5.75 Å². The van der Waals surface area contributed by atoms with Gasteiger partial charge in [0, 0.05) is 19.4 Å². The van der Waals surface area contributed by atoms with Crippen molar-refractivity contribution in [3.05, 3.63) is 24.3 Å². The van der Waals surface area contributed by atoms with Crippen LogP contribution < -0.4 is 15.4 Å². The summed E-state index contributed by atoms with van der Waals surface area (Å²) < 4.78 is 10.8. The molecule has 1 saturated carbocycles. The van der Waals surface area contributed by atoms with Gasteiger partial charge in [-0.1, -0.05) is 0 Å². The van der Waals surface area contributed by atoms with Crippen LogP contribution in [0.4, 0.5) is 10.5 Å². The number of aliphatic hydroxyl groups is 1. The third-order valence-electron chi connectivity index (χ3n) is 3.94. The lowest BCUT2D eigenvalue weighted by Gasteiger charge is -2.17. The second-order valence-corrected chi connectivity index (χ2v) is 5.81. The second-order valence-electron chi connectivity index (χ2n) is 5.81. The maximum Gasteiger partial charge on any atom is 0.319 e. The summed E-state index contributed by atoms with van der Waals surface area (Å²) >= 11 is 0. The predicted octanol–water partition coefficient (Wildman–Crippen LogP) is 2.53. The molecule has 2 amide bonds. The Morgan fingerprint density at radius 1 is 1.30 bits per heavy atom. The number of methoxy groups -OCH3 is 1. The zero-order valence-electron chi connectivity index (χ0n) is 13.6. The number of anilines is 1. The predicted molar refractivity (Wildman–Crippen MR) is 88.8 cm³/mol. The van der Waals surface area contributed by atoms with Gasteiger partial charge in [0.25, 0.3) is 0 Å². The normalized spacial score (nSPS) is 16.1. The van der Waals surface area contributed by atoms with E-state index < -0.39 is 0 Å². The van der Waals surface area contributed by atoms with Gasteiger partial charge in [-0.25, -0.2) is 4.79 Å². The highest BCUT2D eigenvalue weighted by atomic mass is 16.5. The zero-order chi connectivity index (χ0) is 16.5. The van der Waals surface area contributed by atoms with Gasteiger partial charge in [0.15, 0.2) is 0 Å². The number of rotatable bonds is 8. The van der Waals surface area contributed by atoms with Crippen molar-refractivity contribution >= 4 is 11.7 Å². The summed E-state index contributed by atoms with van der Waals surface area (Å²) in [6, 6.07) is 6.69. The molecule has 1 aliphatic carbocycles. The monoisotopic (exact) mass is 322 g/mol. The number of benzene rings is 1. The number of ether oxygens (including phenoxy) is 2. The van der Waals surface area contributed by atoms with Crippen molar-refractivity contribution in [3.8, 4) is 5.75 Å². The third-order valence-corrected chi connectivity index (χ3v) is 3.94. The molecule has 2 rings (SSSR count). The van der Waals surface area contributed by atoms with Crippen LogP contribution in [0.25, 0.3) is 0 Å². The molecule has 1 aromatic carbocycles. The Morgan fingerprint density at radius 2 is 2.00 bits per heavy atom. The lowest BCUT2D eigenvalue weighted by atomic mass is 10.2. The van der Waals surface area contributed by atoms with Crippen LogP contribution in [-0.4, -0.2) is 43.6 Å². The van der Waals surface area contributed by atoms with Gasteiger partial charge in [-0.3, -0.25) is 0 Å². The molecule has 3 N–H and O–H groups in total. The minimum Gasteiger partial charge on any atom is -0.490 e. The van der Waals surface area contributed by atoms with Gasteiger partial charge in [0.1, 0.15) is 5.75 Å². The molecular weight excluding hydrogens is 296 g/mol. The number of urea groups is 1. The Morgan fingerprint density at radius 3 is 2.61 bits per heavy atom. The van der Waals surface area contributed by atoms with E-state index in [-0.39, 0.29) is 18.7 Å². The third kappa shape index (κ3) is 6.08. The van der Waals surface area contributed by atoms with Crippen molar-refractivity contribution in [2.24, 2.45) is 0 Å². The maximum atomic E-state index is 11.9. The number of carbonyl (C=O) groups is 1. The highest BCUT2D eigenvalue weighted by molar-refractivity contribution is 5.89. The molecule has 6 heteroatoms. The quantitative estimate of drug-likeness (QED) is 0.687. The van der Waals surface area contributed by atoms with Crippen molar-refractivity contribution in [3.63, 3.8) is 0 Å². The highest BCUT2D eigenvalue weighted by Crippen LogP contribution is 2.24. The van der Waals surface area contributed by atoms with Crippen LogP contribution in [0.15, 0.2) is 24.3 Å². The van der Waals surface area contributed by atoms with Crippen LogP contribution in [0.3, 0.4) is 0 Å². The molecule has 1 aliphatic rings. The minimum atomic E-state index is -0.343. The van der Waals surface area contributed by atoms with Crippen LogP contribution >= 0.6 is 0 Å². The summed E-state index contributed by atoms with van der Waals surface area (Å²) in [5, 5.41) is 14.7. The molecule has 6 nitrogen and oxygen atoms in total. The summed E-state index contributed by atoms with van der Waals surface area (Å²) in [6.45, 7) is 0.365. The molecule has 1 fully saturated rings. The first-order valence-corrected chi connectivity index (χ1v) is 8.15.